The van der Waals surface area contributed by atoms with Gasteiger partial charge in [0.05, 0.1) is 6.54 Å². The molecule has 0 unspecified atom stereocenters. The molecule has 0 aliphatic carbocycles. The molecule has 0 atom stereocenters. The second-order valence-electron chi connectivity index (χ2n) is 5.92. The van der Waals surface area contributed by atoms with Gasteiger partial charge in [0.15, 0.2) is 0 Å². The lowest BCUT2D eigenvalue weighted by Gasteiger charge is -2.25. The van der Waals surface area contributed by atoms with Gasteiger partial charge in [-0.05, 0) is 42.6 Å². The van der Waals surface area contributed by atoms with Crippen molar-refractivity contribution < 1.29 is 4.79 Å². The van der Waals surface area contributed by atoms with Gasteiger partial charge in [0.25, 0.3) is 0 Å². The van der Waals surface area contributed by atoms with Gasteiger partial charge in [0, 0.05) is 29.8 Å². The number of amides is 1. The molecule has 116 valence electrons. The number of benzene rings is 1. The van der Waals surface area contributed by atoms with Crippen molar-refractivity contribution in [3.8, 4) is 0 Å². The number of anilines is 1. The Morgan fingerprint density at radius 2 is 2.24 bits per heavy atom. The molecule has 1 aliphatic rings. The minimum absolute atomic E-state index is 0.108. The van der Waals surface area contributed by atoms with E-state index in [0.29, 0.717) is 12.5 Å². The van der Waals surface area contributed by atoms with Gasteiger partial charge in [0.2, 0.25) is 5.91 Å². The van der Waals surface area contributed by atoms with Crippen molar-refractivity contribution in [3.63, 3.8) is 0 Å². The van der Waals surface area contributed by atoms with Crippen LogP contribution in [0.15, 0.2) is 22.7 Å². The van der Waals surface area contributed by atoms with Crippen LogP contribution in [0.2, 0.25) is 0 Å². The normalized spacial score (nSPS) is 16.0. The Bertz CT molecular complexity index is 490. The zero-order chi connectivity index (χ0) is 15.2. The fourth-order valence-electron chi connectivity index (χ4n) is 2.51. The summed E-state index contributed by atoms with van der Waals surface area (Å²) in [7, 11) is 0. The highest BCUT2D eigenvalue weighted by atomic mass is 79.9. The van der Waals surface area contributed by atoms with Crippen molar-refractivity contribution in [2.75, 3.05) is 31.1 Å². The van der Waals surface area contributed by atoms with Crippen LogP contribution in [-0.2, 0) is 11.3 Å². The predicted octanol–water partition coefficient (Wildman–Crippen LogP) is 2.52. The van der Waals surface area contributed by atoms with Gasteiger partial charge in [-0.1, -0.05) is 29.8 Å². The number of carbonyl (C=O) groups excluding carboxylic acids is 1. The first-order valence-corrected chi connectivity index (χ1v) is 8.36. The van der Waals surface area contributed by atoms with Crippen LogP contribution < -0.4 is 15.5 Å². The highest BCUT2D eigenvalue weighted by Crippen LogP contribution is 2.25. The molecule has 21 heavy (non-hydrogen) atoms. The fourth-order valence-corrected chi connectivity index (χ4v) is 2.92. The Labute approximate surface area is 135 Å². The van der Waals surface area contributed by atoms with Crippen LogP contribution in [-0.4, -0.2) is 32.1 Å². The van der Waals surface area contributed by atoms with E-state index in [1.165, 1.54) is 5.56 Å². The first-order valence-electron chi connectivity index (χ1n) is 7.57. The second-order valence-corrected chi connectivity index (χ2v) is 6.84. The summed E-state index contributed by atoms with van der Waals surface area (Å²) in [6.07, 6.45) is 0.987. The van der Waals surface area contributed by atoms with E-state index in [2.05, 4.69) is 57.4 Å². The van der Waals surface area contributed by atoms with E-state index in [1.807, 2.05) is 6.07 Å². The third-order valence-electron chi connectivity index (χ3n) is 3.51. The molecule has 1 heterocycles. The summed E-state index contributed by atoms with van der Waals surface area (Å²) in [6.45, 7) is 8.35. The predicted molar refractivity (Wildman–Crippen MR) is 90.5 cm³/mol. The molecule has 1 amide bonds. The molecule has 0 bridgehead atoms. The van der Waals surface area contributed by atoms with E-state index in [4.69, 9.17) is 0 Å². The monoisotopic (exact) mass is 353 g/mol. The summed E-state index contributed by atoms with van der Waals surface area (Å²) in [5.41, 5.74) is 2.39. The highest BCUT2D eigenvalue weighted by Gasteiger charge is 2.17. The molecule has 1 aliphatic heterocycles. The van der Waals surface area contributed by atoms with Gasteiger partial charge in [-0.25, -0.2) is 0 Å². The molecule has 0 saturated carbocycles. The van der Waals surface area contributed by atoms with Gasteiger partial charge >= 0.3 is 0 Å². The quantitative estimate of drug-likeness (QED) is 0.854. The summed E-state index contributed by atoms with van der Waals surface area (Å²) in [5, 5.41) is 6.41. The molecule has 1 aromatic rings. The molecule has 1 fully saturated rings. The van der Waals surface area contributed by atoms with Gasteiger partial charge in [-0.3, -0.25) is 4.79 Å². The molecule has 0 aromatic heterocycles. The number of nitrogens with zero attached hydrogens (tertiary/aromatic N) is 1. The van der Waals surface area contributed by atoms with Gasteiger partial charge in [-0.2, -0.15) is 0 Å². The molecule has 1 saturated heterocycles. The van der Waals surface area contributed by atoms with Crippen molar-refractivity contribution in [1.29, 1.82) is 0 Å². The number of rotatable bonds is 5. The Kier molecular flexibility index (Phi) is 6.06. The minimum atomic E-state index is 0.108. The number of hydrogen-bond acceptors (Lipinski definition) is 3. The number of nitrogens with one attached hydrogen (secondary N) is 2. The SMILES string of the molecule is CC(C)CNCc1cc(Br)ccc1N1CCCNC(=O)C1. The summed E-state index contributed by atoms with van der Waals surface area (Å²) >= 11 is 3.54. The van der Waals surface area contributed by atoms with Crippen molar-refractivity contribution in [2.45, 2.75) is 26.8 Å². The first-order chi connectivity index (χ1) is 10.1. The van der Waals surface area contributed by atoms with Crippen LogP contribution in [0, 0.1) is 5.92 Å². The van der Waals surface area contributed by atoms with Crippen LogP contribution in [0.1, 0.15) is 25.8 Å². The van der Waals surface area contributed by atoms with Crippen molar-refractivity contribution in [3.05, 3.63) is 28.2 Å². The van der Waals surface area contributed by atoms with Crippen LogP contribution >= 0.6 is 15.9 Å². The van der Waals surface area contributed by atoms with E-state index in [1.54, 1.807) is 0 Å². The van der Waals surface area contributed by atoms with Gasteiger partial charge in [0.1, 0.15) is 0 Å². The number of hydrogen-bond donors (Lipinski definition) is 2. The van der Waals surface area contributed by atoms with Crippen molar-refractivity contribution in [2.24, 2.45) is 5.92 Å². The van der Waals surface area contributed by atoms with Crippen molar-refractivity contribution in [1.82, 2.24) is 10.6 Å². The largest absolute Gasteiger partial charge is 0.362 e. The summed E-state index contributed by atoms with van der Waals surface area (Å²) in [6, 6.07) is 6.30. The van der Waals surface area contributed by atoms with Crippen molar-refractivity contribution >= 4 is 27.5 Å². The Morgan fingerprint density at radius 3 is 3.00 bits per heavy atom. The zero-order valence-electron chi connectivity index (χ0n) is 12.8. The van der Waals surface area contributed by atoms with Gasteiger partial charge < -0.3 is 15.5 Å². The highest BCUT2D eigenvalue weighted by molar-refractivity contribution is 9.10. The standard InChI is InChI=1S/C16H24BrN3O/c1-12(2)9-18-10-13-8-14(17)4-5-15(13)20-7-3-6-19-16(21)11-20/h4-5,8,12,18H,3,6-7,9-11H2,1-2H3,(H,19,21). The Hall–Kier alpha value is -1.07. The number of carbonyl (C=O) groups is 1. The lowest BCUT2D eigenvalue weighted by Crippen LogP contribution is -2.34. The molecule has 4 nitrogen and oxygen atoms in total. The van der Waals surface area contributed by atoms with E-state index in [-0.39, 0.29) is 5.91 Å². The van der Waals surface area contributed by atoms with Crippen LogP contribution in [0.25, 0.3) is 0 Å². The molecule has 5 heteroatoms. The van der Waals surface area contributed by atoms with E-state index >= 15 is 0 Å². The van der Waals surface area contributed by atoms with Crippen LogP contribution in [0.4, 0.5) is 5.69 Å². The molecular weight excluding hydrogens is 330 g/mol. The summed E-state index contributed by atoms with van der Waals surface area (Å²) in [4.78, 5) is 14.0. The first kappa shape index (κ1) is 16.3. The molecule has 2 N–H and O–H groups in total. The summed E-state index contributed by atoms with van der Waals surface area (Å²) in [5.74, 6) is 0.737. The molecule has 2 rings (SSSR count). The maximum atomic E-state index is 11.8. The lowest BCUT2D eigenvalue weighted by molar-refractivity contribution is -0.119. The fraction of sp³-hybridized carbons (Fsp3) is 0.562. The number of halogens is 1. The summed E-state index contributed by atoms with van der Waals surface area (Å²) < 4.78 is 1.08. The molecule has 0 spiro atoms. The molecular formula is C16H24BrN3O. The van der Waals surface area contributed by atoms with Crippen LogP contribution in [0.5, 0.6) is 0 Å². The average molecular weight is 354 g/mol. The average Bonchev–Trinajstić information content (AvgIpc) is 2.63. The lowest BCUT2D eigenvalue weighted by atomic mass is 10.1. The van der Waals surface area contributed by atoms with Gasteiger partial charge in [-0.15, -0.1) is 0 Å². The van der Waals surface area contributed by atoms with Crippen LogP contribution in [0.3, 0.4) is 0 Å². The Morgan fingerprint density at radius 1 is 1.43 bits per heavy atom. The smallest absolute Gasteiger partial charge is 0.239 e. The van der Waals surface area contributed by atoms with E-state index in [0.717, 1.165) is 42.8 Å². The maximum Gasteiger partial charge on any atom is 0.239 e. The maximum absolute atomic E-state index is 11.8. The van der Waals surface area contributed by atoms with E-state index < -0.39 is 0 Å². The Balaban J connectivity index is 2.14. The minimum Gasteiger partial charge on any atom is -0.362 e. The topological polar surface area (TPSA) is 44.4 Å². The third kappa shape index (κ3) is 5.00. The molecule has 1 aromatic carbocycles. The third-order valence-corrected chi connectivity index (χ3v) is 4.00. The zero-order valence-corrected chi connectivity index (χ0v) is 14.4. The molecule has 0 radical (unpaired) electrons. The second kappa shape index (κ2) is 7.80. The van der Waals surface area contributed by atoms with E-state index in [9.17, 15) is 4.79 Å².